The standard InChI is InChI=1S/C18H12ClNO6S2/c19-10-3-1-2-9(6-10)13-5-4-11(26-13)7-14-16(23)20(18(27)28-14)12(17(24)25)8-15(21)22/h1-7,12H,8H2,(H,21,22)(H,24,25)/b14-7+/t12-/m1/s1. The summed E-state index contributed by atoms with van der Waals surface area (Å²) in [6.45, 7) is 0. The summed E-state index contributed by atoms with van der Waals surface area (Å²) in [6, 6.07) is 8.84. The number of carboxylic acids is 2. The van der Waals surface area contributed by atoms with Crippen LogP contribution in [-0.4, -0.2) is 43.3 Å². The Morgan fingerprint density at radius 2 is 2.04 bits per heavy atom. The molecule has 1 saturated heterocycles. The molecule has 1 aromatic heterocycles. The minimum Gasteiger partial charge on any atom is -0.481 e. The van der Waals surface area contributed by atoms with Crippen LogP contribution in [0.25, 0.3) is 17.4 Å². The molecule has 2 aromatic rings. The molecule has 1 aromatic carbocycles. The van der Waals surface area contributed by atoms with Gasteiger partial charge in [-0.15, -0.1) is 0 Å². The third kappa shape index (κ3) is 4.27. The molecule has 0 bridgehead atoms. The SMILES string of the molecule is O=C(O)C[C@H](C(=O)O)N1C(=O)/C(=C\c2ccc(-c3cccc(Cl)c3)o2)SC1=S. The lowest BCUT2D eigenvalue weighted by Crippen LogP contribution is -2.45. The molecule has 28 heavy (non-hydrogen) atoms. The van der Waals surface area contributed by atoms with Crippen LogP contribution in [-0.2, 0) is 14.4 Å². The van der Waals surface area contributed by atoms with Crippen molar-refractivity contribution in [2.45, 2.75) is 12.5 Å². The van der Waals surface area contributed by atoms with Crippen molar-refractivity contribution in [1.29, 1.82) is 0 Å². The Hall–Kier alpha value is -2.62. The summed E-state index contributed by atoms with van der Waals surface area (Å²) in [4.78, 5) is 35.9. The maximum absolute atomic E-state index is 12.6. The van der Waals surface area contributed by atoms with Crippen molar-refractivity contribution in [3.05, 3.63) is 52.1 Å². The maximum atomic E-state index is 12.6. The Bertz CT molecular complexity index is 1020. The van der Waals surface area contributed by atoms with E-state index in [1.54, 1.807) is 30.3 Å². The van der Waals surface area contributed by atoms with Gasteiger partial charge in [-0.2, -0.15) is 0 Å². The van der Waals surface area contributed by atoms with E-state index in [0.717, 1.165) is 22.2 Å². The van der Waals surface area contributed by atoms with Crippen molar-refractivity contribution in [3.63, 3.8) is 0 Å². The summed E-state index contributed by atoms with van der Waals surface area (Å²) in [6.07, 6.45) is 0.682. The number of hydrogen-bond acceptors (Lipinski definition) is 6. The molecule has 7 nitrogen and oxygen atoms in total. The van der Waals surface area contributed by atoms with Crippen LogP contribution in [0.4, 0.5) is 0 Å². The average Bonchev–Trinajstić information content (AvgIpc) is 3.18. The number of nitrogens with zero attached hydrogens (tertiary/aromatic N) is 1. The van der Waals surface area contributed by atoms with E-state index in [2.05, 4.69) is 0 Å². The fraction of sp³-hybridized carbons (Fsp3) is 0.111. The minimum atomic E-state index is -1.57. The molecular formula is C18H12ClNO6S2. The van der Waals surface area contributed by atoms with Crippen LogP contribution in [0.5, 0.6) is 0 Å². The number of benzene rings is 1. The lowest BCUT2D eigenvalue weighted by molar-refractivity contribution is -0.150. The fourth-order valence-electron chi connectivity index (χ4n) is 2.56. The first kappa shape index (κ1) is 20.1. The molecular weight excluding hydrogens is 426 g/mol. The fourth-order valence-corrected chi connectivity index (χ4v) is 4.09. The van der Waals surface area contributed by atoms with Gasteiger partial charge in [0.1, 0.15) is 21.9 Å². The predicted molar refractivity (Wildman–Crippen MR) is 108 cm³/mol. The quantitative estimate of drug-likeness (QED) is 0.520. The highest BCUT2D eigenvalue weighted by molar-refractivity contribution is 8.26. The van der Waals surface area contributed by atoms with E-state index in [1.165, 1.54) is 6.08 Å². The second kappa shape index (κ2) is 8.17. The van der Waals surface area contributed by atoms with E-state index in [1.807, 2.05) is 6.07 Å². The molecule has 1 atom stereocenters. The number of hydrogen-bond donors (Lipinski definition) is 2. The van der Waals surface area contributed by atoms with Gasteiger partial charge in [-0.3, -0.25) is 14.5 Å². The van der Waals surface area contributed by atoms with Crippen molar-refractivity contribution in [2.75, 3.05) is 0 Å². The smallest absolute Gasteiger partial charge is 0.327 e. The lowest BCUT2D eigenvalue weighted by Gasteiger charge is -2.21. The summed E-state index contributed by atoms with van der Waals surface area (Å²) >= 11 is 11.9. The summed E-state index contributed by atoms with van der Waals surface area (Å²) in [5, 5.41) is 18.7. The van der Waals surface area contributed by atoms with Gasteiger partial charge in [0.05, 0.1) is 11.3 Å². The zero-order valence-electron chi connectivity index (χ0n) is 14.0. The molecule has 2 heterocycles. The molecule has 0 saturated carbocycles. The first-order valence-corrected chi connectivity index (χ1v) is 9.44. The maximum Gasteiger partial charge on any atom is 0.327 e. The number of carbonyl (C=O) groups is 3. The van der Waals surface area contributed by atoms with Crippen LogP contribution in [0.1, 0.15) is 12.2 Å². The monoisotopic (exact) mass is 437 g/mol. The molecule has 10 heteroatoms. The van der Waals surface area contributed by atoms with E-state index >= 15 is 0 Å². The van der Waals surface area contributed by atoms with E-state index in [9.17, 15) is 19.5 Å². The van der Waals surface area contributed by atoms with Gasteiger partial charge in [0.15, 0.2) is 0 Å². The van der Waals surface area contributed by atoms with Crippen LogP contribution in [0.15, 0.2) is 45.7 Å². The number of furan rings is 1. The van der Waals surface area contributed by atoms with Crippen LogP contribution >= 0.6 is 35.6 Å². The van der Waals surface area contributed by atoms with Gasteiger partial charge in [0.2, 0.25) is 0 Å². The zero-order valence-corrected chi connectivity index (χ0v) is 16.4. The summed E-state index contributed by atoms with van der Waals surface area (Å²) in [5.74, 6) is -2.56. The van der Waals surface area contributed by atoms with Gasteiger partial charge in [0.25, 0.3) is 5.91 Å². The van der Waals surface area contributed by atoms with E-state index in [0.29, 0.717) is 16.5 Å². The number of amides is 1. The van der Waals surface area contributed by atoms with Crippen molar-refractivity contribution in [2.24, 2.45) is 0 Å². The molecule has 2 N–H and O–H groups in total. The number of thiocarbonyl (C=S) groups is 1. The van der Waals surface area contributed by atoms with Crippen molar-refractivity contribution < 1.29 is 29.0 Å². The largest absolute Gasteiger partial charge is 0.481 e. The lowest BCUT2D eigenvalue weighted by atomic mass is 10.2. The second-order valence-corrected chi connectivity index (χ2v) is 7.83. The number of rotatable bonds is 6. The van der Waals surface area contributed by atoms with Gasteiger partial charge < -0.3 is 14.6 Å². The van der Waals surface area contributed by atoms with Crippen molar-refractivity contribution >= 4 is 63.8 Å². The van der Waals surface area contributed by atoms with Crippen molar-refractivity contribution in [1.82, 2.24) is 4.90 Å². The van der Waals surface area contributed by atoms with Gasteiger partial charge in [-0.05, 0) is 24.3 Å². The summed E-state index contributed by atoms with van der Waals surface area (Å²) in [5.41, 5.74) is 0.757. The Balaban J connectivity index is 1.86. The number of carbonyl (C=O) groups excluding carboxylic acids is 1. The predicted octanol–water partition coefficient (Wildman–Crippen LogP) is 3.73. The molecule has 0 aliphatic carbocycles. The molecule has 1 amide bonds. The van der Waals surface area contributed by atoms with Gasteiger partial charge >= 0.3 is 11.9 Å². The Morgan fingerprint density at radius 3 is 2.68 bits per heavy atom. The minimum absolute atomic E-state index is 0.0217. The van der Waals surface area contributed by atoms with E-state index in [-0.39, 0.29) is 9.23 Å². The normalized spacial score (nSPS) is 16.6. The summed E-state index contributed by atoms with van der Waals surface area (Å²) < 4.78 is 5.68. The second-order valence-electron chi connectivity index (χ2n) is 5.72. The van der Waals surface area contributed by atoms with Gasteiger partial charge in [0, 0.05) is 16.7 Å². The van der Waals surface area contributed by atoms with E-state index in [4.69, 9.17) is 33.3 Å². The Labute approximate surface area is 173 Å². The number of thioether (sulfide) groups is 1. The highest BCUT2D eigenvalue weighted by atomic mass is 35.5. The van der Waals surface area contributed by atoms with Crippen LogP contribution in [0, 0.1) is 0 Å². The van der Waals surface area contributed by atoms with Crippen LogP contribution in [0.2, 0.25) is 5.02 Å². The highest BCUT2D eigenvalue weighted by Gasteiger charge is 2.41. The average molecular weight is 438 g/mol. The van der Waals surface area contributed by atoms with E-state index < -0.39 is 30.3 Å². The summed E-state index contributed by atoms with van der Waals surface area (Å²) in [7, 11) is 0. The molecule has 0 unspecified atom stereocenters. The number of aliphatic carboxylic acids is 2. The number of carboxylic acid groups (broad SMARTS) is 2. The van der Waals surface area contributed by atoms with Crippen LogP contribution < -0.4 is 0 Å². The Kier molecular flexibility index (Phi) is 5.87. The molecule has 3 rings (SSSR count). The molecule has 144 valence electrons. The van der Waals surface area contributed by atoms with Crippen LogP contribution in [0.3, 0.4) is 0 Å². The molecule has 1 aliphatic heterocycles. The van der Waals surface area contributed by atoms with Crippen molar-refractivity contribution in [3.8, 4) is 11.3 Å². The Morgan fingerprint density at radius 1 is 1.29 bits per heavy atom. The topological polar surface area (TPSA) is 108 Å². The molecule has 1 aliphatic rings. The number of halogens is 1. The highest BCUT2D eigenvalue weighted by Crippen LogP contribution is 2.35. The molecule has 0 radical (unpaired) electrons. The molecule has 1 fully saturated rings. The van der Waals surface area contributed by atoms with Gasteiger partial charge in [-0.1, -0.05) is 47.7 Å². The third-order valence-corrected chi connectivity index (χ3v) is 5.36. The van der Waals surface area contributed by atoms with Gasteiger partial charge in [-0.25, -0.2) is 4.79 Å². The first-order valence-electron chi connectivity index (χ1n) is 7.83. The third-order valence-electron chi connectivity index (χ3n) is 3.80. The zero-order chi connectivity index (χ0) is 20.4. The molecule has 0 spiro atoms. The first-order chi connectivity index (χ1) is 13.3.